The van der Waals surface area contributed by atoms with Crippen LogP contribution in [0.5, 0.6) is 5.75 Å². The molecule has 9 heteroatoms. The summed E-state index contributed by atoms with van der Waals surface area (Å²) in [5.74, 6) is -0.579. The lowest BCUT2D eigenvalue weighted by molar-refractivity contribution is -0.137. The largest absolute Gasteiger partial charge is 0.482 e. The first-order valence-corrected chi connectivity index (χ1v) is 7.81. The van der Waals surface area contributed by atoms with Crippen LogP contribution in [0.15, 0.2) is 42.5 Å². The lowest BCUT2D eigenvalue weighted by Gasteiger charge is -2.29. The maximum absolute atomic E-state index is 12.6. The summed E-state index contributed by atoms with van der Waals surface area (Å²) in [6.45, 7) is -0.543. The normalized spacial score (nSPS) is 13.8. The maximum Gasteiger partial charge on any atom is 0.416 e. The Morgan fingerprint density at radius 3 is 2.54 bits per heavy atom. The summed E-state index contributed by atoms with van der Waals surface area (Å²) in [6.07, 6.45) is -4.45. The molecule has 3 rings (SSSR count). The van der Waals surface area contributed by atoms with Crippen LogP contribution in [-0.2, 0) is 15.8 Å². The van der Waals surface area contributed by atoms with E-state index in [9.17, 15) is 22.8 Å². The third-order valence-electron chi connectivity index (χ3n) is 3.66. The zero-order valence-corrected chi connectivity index (χ0v) is 13.9. The van der Waals surface area contributed by atoms with Gasteiger partial charge in [-0.05, 0) is 42.5 Å². The molecule has 2 amide bonds. The van der Waals surface area contributed by atoms with E-state index < -0.39 is 23.6 Å². The Morgan fingerprint density at radius 1 is 1.19 bits per heavy atom. The van der Waals surface area contributed by atoms with Crippen molar-refractivity contribution in [3.05, 3.63) is 53.1 Å². The summed E-state index contributed by atoms with van der Waals surface area (Å²) in [6, 6.07) is 8.70. The number of hydrogen-bond acceptors (Lipinski definition) is 3. The Morgan fingerprint density at radius 2 is 1.88 bits per heavy atom. The lowest BCUT2D eigenvalue weighted by Crippen LogP contribution is -2.43. The Bertz CT molecular complexity index is 853. The van der Waals surface area contributed by atoms with Gasteiger partial charge >= 0.3 is 6.18 Å². The van der Waals surface area contributed by atoms with Crippen molar-refractivity contribution in [2.75, 3.05) is 23.4 Å². The molecule has 0 fully saturated rings. The molecule has 1 aliphatic rings. The van der Waals surface area contributed by atoms with Crippen molar-refractivity contribution in [1.29, 1.82) is 0 Å². The van der Waals surface area contributed by atoms with Gasteiger partial charge < -0.3 is 10.1 Å². The van der Waals surface area contributed by atoms with Gasteiger partial charge in [-0.1, -0.05) is 11.6 Å². The quantitative estimate of drug-likeness (QED) is 0.877. The molecule has 26 heavy (non-hydrogen) atoms. The second kappa shape index (κ2) is 6.87. The van der Waals surface area contributed by atoms with Crippen molar-refractivity contribution in [2.45, 2.75) is 6.18 Å². The Labute approximate surface area is 151 Å². The molecule has 0 atom stereocenters. The number of nitrogens with zero attached hydrogens (tertiary/aromatic N) is 1. The van der Waals surface area contributed by atoms with Gasteiger partial charge in [-0.25, -0.2) is 0 Å². The summed E-state index contributed by atoms with van der Waals surface area (Å²) in [4.78, 5) is 25.5. The fraction of sp³-hybridized carbons (Fsp3) is 0.176. The van der Waals surface area contributed by atoms with Crippen LogP contribution in [0.1, 0.15) is 5.56 Å². The first kappa shape index (κ1) is 18.1. The smallest absolute Gasteiger partial charge is 0.416 e. The van der Waals surface area contributed by atoms with E-state index in [2.05, 4.69) is 5.32 Å². The number of halogens is 4. The second-order valence-corrected chi connectivity index (χ2v) is 5.94. The Balaban J connectivity index is 1.72. The molecule has 0 radical (unpaired) electrons. The molecule has 0 spiro atoms. The van der Waals surface area contributed by atoms with Crippen molar-refractivity contribution in [3.8, 4) is 5.75 Å². The molecule has 0 saturated carbocycles. The fourth-order valence-electron chi connectivity index (χ4n) is 2.44. The van der Waals surface area contributed by atoms with Crippen molar-refractivity contribution >= 4 is 34.8 Å². The highest BCUT2D eigenvalue weighted by Crippen LogP contribution is 2.34. The van der Waals surface area contributed by atoms with Crippen LogP contribution in [0.2, 0.25) is 5.02 Å². The molecule has 2 aromatic carbocycles. The van der Waals surface area contributed by atoms with E-state index in [1.54, 1.807) is 12.1 Å². The van der Waals surface area contributed by atoms with Gasteiger partial charge in [0.2, 0.25) is 5.91 Å². The van der Waals surface area contributed by atoms with E-state index in [0.717, 1.165) is 24.3 Å². The highest BCUT2D eigenvalue weighted by atomic mass is 35.5. The van der Waals surface area contributed by atoms with E-state index in [-0.39, 0.29) is 18.8 Å². The molecule has 0 aromatic heterocycles. The standard InChI is InChI=1S/C17H12ClF3N2O3/c18-11-3-6-14-13(7-11)23(16(25)9-26-14)8-15(24)22-12-4-1-10(2-5-12)17(19,20)21/h1-7H,8-9H2,(H,22,24). The zero-order chi connectivity index (χ0) is 18.9. The van der Waals surface area contributed by atoms with Crippen LogP contribution in [-0.4, -0.2) is 25.0 Å². The molecular weight excluding hydrogens is 373 g/mol. The van der Waals surface area contributed by atoms with Gasteiger partial charge in [0, 0.05) is 10.7 Å². The third kappa shape index (κ3) is 3.91. The van der Waals surface area contributed by atoms with Gasteiger partial charge in [0.15, 0.2) is 6.61 Å². The van der Waals surface area contributed by atoms with Crippen LogP contribution in [0, 0.1) is 0 Å². The Hall–Kier alpha value is -2.74. The Kier molecular flexibility index (Phi) is 4.78. The molecule has 0 aliphatic carbocycles. The SMILES string of the molecule is O=C(CN1C(=O)COc2ccc(Cl)cc21)Nc1ccc(C(F)(F)F)cc1. The summed E-state index contributed by atoms with van der Waals surface area (Å²) >= 11 is 5.92. The van der Waals surface area contributed by atoms with E-state index in [4.69, 9.17) is 16.3 Å². The number of anilines is 2. The number of fused-ring (bicyclic) bond motifs is 1. The highest BCUT2D eigenvalue weighted by molar-refractivity contribution is 6.31. The van der Waals surface area contributed by atoms with E-state index in [1.807, 2.05) is 0 Å². The van der Waals surface area contributed by atoms with Gasteiger partial charge in [0.05, 0.1) is 11.3 Å². The monoisotopic (exact) mass is 384 g/mol. The minimum atomic E-state index is -4.45. The molecular formula is C17H12ClF3N2O3. The van der Waals surface area contributed by atoms with Crippen LogP contribution in [0.3, 0.4) is 0 Å². The number of carbonyl (C=O) groups is 2. The van der Waals surface area contributed by atoms with E-state index in [0.29, 0.717) is 16.5 Å². The predicted octanol–water partition coefficient (Wildman–Crippen LogP) is 3.72. The summed E-state index contributed by atoms with van der Waals surface area (Å²) in [5, 5.41) is 2.83. The molecule has 2 aromatic rings. The summed E-state index contributed by atoms with van der Waals surface area (Å²) < 4.78 is 42.9. The molecule has 1 N–H and O–H groups in total. The van der Waals surface area contributed by atoms with Gasteiger partial charge in [0.1, 0.15) is 12.3 Å². The summed E-state index contributed by atoms with van der Waals surface area (Å²) in [5.41, 5.74) is -0.270. The number of hydrogen-bond donors (Lipinski definition) is 1. The average Bonchev–Trinajstić information content (AvgIpc) is 2.57. The maximum atomic E-state index is 12.6. The van der Waals surface area contributed by atoms with Gasteiger partial charge in [-0.3, -0.25) is 14.5 Å². The number of amides is 2. The fourth-order valence-corrected chi connectivity index (χ4v) is 2.60. The molecule has 0 bridgehead atoms. The first-order chi connectivity index (χ1) is 12.2. The molecule has 0 saturated heterocycles. The number of alkyl halides is 3. The minimum Gasteiger partial charge on any atom is -0.482 e. The van der Waals surface area contributed by atoms with Crippen LogP contribution in [0.25, 0.3) is 0 Å². The number of ether oxygens (including phenoxy) is 1. The summed E-state index contributed by atoms with van der Waals surface area (Å²) in [7, 11) is 0. The molecule has 136 valence electrons. The molecule has 1 aliphatic heterocycles. The van der Waals surface area contributed by atoms with Gasteiger partial charge in [-0.2, -0.15) is 13.2 Å². The van der Waals surface area contributed by atoms with Crippen molar-refractivity contribution in [3.63, 3.8) is 0 Å². The average molecular weight is 385 g/mol. The topological polar surface area (TPSA) is 58.6 Å². The third-order valence-corrected chi connectivity index (χ3v) is 3.90. The lowest BCUT2D eigenvalue weighted by atomic mass is 10.2. The van der Waals surface area contributed by atoms with Crippen LogP contribution < -0.4 is 15.0 Å². The minimum absolute atomic E-state index is 0.190. The number of benzene rings is 2. The first-order valence-electron chi connectivity index (χ1n) is 7.44. The van der Waals surface area contributed by atoms with Gasteiger partial charge in [-0.15, -0.1) is 0 Å². The van der Waals surface area contributed by atoms with Crippen LogP contribution in [0.4, 0.5) is 24.5 Å². The number of rotatable bonds is 3. The molecule has 5 nitrogen and oxygen atoms in total. The molecule has 1 heterocycles. The van der Waals surface area contributed by atoms with E-state index >= 15 is 0 Å². The number of carbonyl (C=O) groups excluding carboxylic acids is 2. The highest BCUT2D eigenvalue weighted by Gasteiger charge is 2.30. The number of nitrogens with one attached hydrogen (secondary N) is 1. The van der Waals surface area contributed by atoms with Crippen molar-refractivity contribution in [2.24, 2.45) is 0 Å². The van der Waals surface area contributed by atoms with Crippen LogP contribution >= 0.6 is 11.6 Å². The van der Waals surface area contributed by atoms with Crippen molar-refractivity contribution < 1.29 is 27.5 Å². The predicted molar refractivity (Wildman–Crippen MR) is 89.4 cm³/mol. The second-order valence-electron chi connectivity index (χ2n) is 5.50. The van der Waals surface area contributed by atoms with E-state index in [1.165, 1.54) is 11.0 Å². The van der Waals surface area contributed by atoms with Crippen molar-refractivity contribution in [1.82, 2.24) is 0 Å². The van der Waals surface area contributed by atoms with Gasteiger partial charge in [0.25, 0.3) is 5.91 Å². The zero-order valence-electron chi connectivity index (χ0n) is 13.1. The molecule has 0 unspecified atom stereocenters.